The summed E-state index contributed by atoms with van der Waals surface area (Å²) in [4.78, 5) is 146. The first kappa shape index (κ1) is 65.7. The Kier molecular flexibility index (Phi) is 26.5. The molecule has 9 amide bonds. The number of carboxylic acid groups (broad SMARTS) is 1. The summed E-state index contributed by atoms with van der Waals surface area (Å²) in [5.74, 6) is -11.6. The number of nitrogens with one attached hydrogen (secondary N) is 9. The summed E-state index contributed by atoms with van der Waals surface area (Å²) in [6, 6.07) is 2.19. The first-order valence-corrected chi connectivity index (χ1v) is 26.2. The Morgan fingerprint density at radius 2 is 1.11 bits per heavy atom. The summed E-state index contributed by atoms with van der Waals surface area (Å²) < 4.78 is 0. The first-order chi connectivity index (χ1) is 37.7. The van der Waals surface area contributed by atoms with Crippen LogP contribution in [0.4, 0.5) is 0 Å². The molecule has 18 N–H and O–H groups in total. The number of carboxylic acids is 1. The minimum absolute atomic E-state index is 0.0884. The number of aliphatic hydroxyl groups is 1. The van der Waals surface area contributed by atoms with Crippen LogP contribution in [0.2, 0.25) is 0 Å². The summed E-state index contributed by atoms with van der Waals surface area (Å²) in [6.07, 6.45) is 0.981. The maximum absolute atomic E-state index is 14.4. The van der Waals surface area contributed by atoms with E-state index in [1.807, 2.05) is 0 Å². The van der Waals surface area contributed by atoms with Crippen molar-refractivity contribution in [3.05, 3.63) is 83.9 Å². The van der Waals surface area contributed by atoms with E-state index in [1.54, 1.807) is 65.0 Å². The van der Waals surface area contributed by atoms with E-state index in [9.17, 15) is 63.3 Å². The van der Waals surface area contributed by atoms with E-state index in [1.165, 1.54) is 50.6 Å². The van der Waals surface area contributed by atoms with Gasteiger partial charge in [0, 0.05) is 43.6 Å². The average molecular weight is 1120 g/mol. The van der Waals surface area contributed by atoms with Gasteiger partial charge in [-0.15, -0.1) is 0 Å². The number of amides is 9. The molecule has 27 heteroatoms. The van der Waals surface area contributed by atoms with Crippen molar-refractivity contribution in [1.82, 2.24) is 52.5 Å². The molecule has 0 aliphatic rings. The van der Waals surface area contributed by atoms with Crippen molar-refractivity contribution in [3.63, 3.8) is 0 Å². The number of carbonyl (C=O) groups excluding carboxylic acids is 9. The molecule has 3 aromatic rings. The number of rotatable bonds is 33. The predicted molar refractivity (Wildman–Crippen MR) is 292 cm³/mol. The summed E-state index contributed by atoms with van der Waals surface area (Å²) in [5.41, 5.74) is 17.7. The largest absolute Gasteiger partial charge is 0.508 e. The van der Waals surface area contributed by atoms with E-state index in [-0.39, 0.29) is 37.4 Å². The van der Waals surface area contributed by atoms with Crippen molar-refractivity contribution >= 4 is 65.1 Å². The number of primary amides is 1. The molecule has 0 saturated carbocycles. The van der Waals surface area contributed by atoms with Crippen LogP contribution in [-0.4, -0.2) is 151 Å². The fourth-order valence-electron chi connectivity index (χ4n) is 8.01. The van der Waals surface area contributed by atoms with E-state index in [0.29, 0.717) is 36.2 Å². The Balaban J connectivity index is 1.87. The molecule has 2 aromatic carbocycles. The average Bonchev–Trinajstić information content (AvgIpc) is 3.92. The highest BCUT2D eigenvalue weighted by Gasteiger charge is 2.38. The van der Waals surface area contributed by atoms with Gasteiger partial charge in [0.1, 0.15) is 54.1 Å². The van der Waals surface area contributed by atoms with Crippen LogP contribution in [0.5, 0.6) is 5.75 Å². The van der Waals surface area contributed by atoms with Crippen LogP contribution in [0.3, 0.4) is 0 Å². The molecule has 0 aliphatic heterocycles. The number of guanidine groups is 1. The number of hydrogen-bond donors (Lipinski definition) is 15. The van der Waals surface area contributed by atoms with Gasteiger partial charge in [-0.3, -0.25) is 48.1 Å². The second-order valence-electron chi connectivity index (χ2n) is 20.0. The van der Waals surface area contributed by atoms with E-state index in [0.717, 1.165) is 0 Å². The van der Waals surface area contributed by atoms with E-state index >= 15 is 0 Å². The summed E-state index contributed by atoms with van der Waals surface area (Å²) in [7, 11) is 0. The highest BCUT2D eigenvalue weighted by Crippen LogP contribution is 2.15. The third kappa shape index (κ3) is 22.0. The molecule has 0 radical (unpaired) electrons. The number of aliphatic carboxylic acids is 1. The highest BCUT2D eigenvalue weighted by molar-refractivity contribution is 5.99. The number of carbonyl (C=O) groups is 10. The monoisotopic (exact) mass is 1120 g/mol. The van der Waals surface area contributed by atoms with Crippen LogP contribution < -0.4 is 59.7 Å². The van der Waals surface area contributed by atoms with Gasteiger partial charge >= 0.3 is 5.97 Å². The summed E-state index contributed by atoms with van der Waals surface area (Å²) in [6.45, 7) is 11.0. The number of aliphatic imine (C=N–C) groups is 1. The fraction of sp³-hybridized carbons (Fsp3) is 0.509. The number of aromatic hydroxyl groups is 1. The number of aromatic nitrogens is 2. The predicted octanol–water partition coefficient (Wildman–Crippen LogP) is -2.23. The Labute approximate surface area is 463 Å². The molecule has 0 spiro atoms. The number of aliphatic hydroxyl groups excluding tert-OH is 1. The molecular formula is C53H78N14O13. The van der Waals surface area contributed by atoms with Crippen LogP contribution in [0.1, 0.15) is 91.0 Å². The van der Waals surface area contributed by atoms with Crippen LogP contribution in [0.25, 0.3) is 0 Å². The number of nitrogens with two attached hydrogens (primary N) is 3. The quantitative estimate of drug-likeness (QED) is 0.0174. The number of benzene rings is 2. The lowest BCUT2D eigenvalue weighted by molar-refractivity contribution is -0.143. The SMILES string of the molecule is CC[C@H](C)[C@H](NC(=O)[C@H](CC(N)=O)NC(=O)[C@H](Cc1ccc(O)cc1)NC(=O)[C@H](Cc1cnc[nH]1)NC(=O)[C@H](C)NC(=O)[C@@H](C)CCCN=C(N)N)C(=O)N[C@H](C(=O)N[C@H](C(=O)N[C@@H](Cc1ccccc1)C(=O)O)[C@@H](C)O)C(C)C. The zero-order valence-electron chi connectivity index (χ0n) is 46.0. The number of aromatic amines is 1. The Morgan fingerprint density at radius 3 is 1.66 bits per heavy atom. The second kappa shape index (κ2) is 32.3. The highest BCUT2D eigenvalue weighted by atomic mass is 16.4. The number of phenolic OH excluding ortho intramolecular Hbond substituents is 1. The van der Waals surface area contributed by atoms with Gasteiger partial charge in [0.2, 0.25) is 53.2 Å². The van der Waals surface area contributed by atoms with Crippen molar-refractivity contribution in [2.24, 2.45) is 39.9 Å². The molecule has 0 aliphatic carbocycles. The zero-order valence-corrected chi connectivity index (χ0v) is 46.0. The smallest absolute Gasteiger partial charge is 0.326 e. The summed E-state index contributed by atoms with van der Waals surface area (Å²) >= 11 is 0. The standard InChI is InChI=1S/C53H78N14O13/c1-8-28(4)42(50(77)65-41(27(2)3)49(76)67-43(31(7)68)51(78)64-39(52(79)80)22-32-14-10-9-11-15-32)66-48(75)38(24-40(54)70)63-46(73)36(21-33-16-18-35(69)19-17-33)62-47(74)37(23-34-25-57-26-59-34)61-45(72)30(6)60-44(71)29(5)13-12-20-58-53(55)56/h9-11,14-19,25-31,36-39,41-43,68-69H,8,12-13,20-24H2,1-7H3,(H2,54,70)(H,57,59)(H,60,71)(H,61,72)(H,62,74)(H,63,73)(H,64,78)(H,65,77)(H,66,75)(H,67,76)(H,79,80)(H4,55,56,58)/t28-,29-,30-,31+,36-,37-,38-,39-,41-,42-,43-/m0/s1. The van der Waals surface area contributed by atoms with Crippen LogP contribution >= 0.6 is 0 Å². The minimum atomic E-state index is -1.77. The summed E-state index contributed by atoms with van der Waals surface area (Å²) in [5, 5.41) is 50.7. The molecular weight excluding hydrogens is 1040 g/mol. The van der Waals surface area contributed by atoms with Gasteiger partial charge in [-0.25, -0.2) is 9.78 Å². The van der Waals surface area contributed by atoms with Gasteiger partial charge in [-0.1, -0.05) is 83.5 Å². The Hall–Kier alpha value is -8.62. The zero-order chi connectivity index (χ0) is 59.8. The van der Waals surface area contributed by atoms with Crippen molar-refractivity contribution in [3.8, 4) is 5.75 Å². The molecule has 80 heavy (non-hydrogen) atoms. The van der Waals surface area contributed by atoms with Crippen LogP contribution in [-0.2, 0) is 67.2 Å². The van der Waals surface area contributed by atoms with Crippen molar-refractivity contribution in [2.45, 2.75) is 148 Å². The van der Waals surface area contributed by atoms with Gasteiger partial charge in [0.05, 0.1) is 18.9 Å². The van der Waals surface area contributed by atoms with Gasteiger partial charge in [0.25, 0.3) is 0 Å². The lowest BCUT2D eigenvalue weighted by atomic mass is 9.95. The second-order valence-corrected chi connectivity index (χ2v) is 20.0. The van der Waals surface area contributed by atoms with Crippen LogP contribution in [0, 0.1) is 17.8 Å². The van der Waals surface area contributed by atoms with E-state index in [4.69, 9.17) is 17.2 Å². The lowest BCUT2D eigenvalue weighted by Crippen LogP contribution is -2.63. The fourth-order valence-corrected chi connectivity index (χ4v) is 8.01. The van der Waals surface area contributed by atoms with E-state index < -0.39 is 138 Å². The molecule has 0 unspecified atom stereocenters. The van der Waals surface area contributed by atoms with E-state index in [2.05, 4.69) is 57.5 Å². The molecule has 0 fully saturated rings. The third-order valence-electron chi connectivity index (χ3n) is 12.9. The molecule has 27 nitrogen and oxygen atoms in total. The maximum atomic E-state index is 14.4. The molecule has 0 bridgehead atoms. The number of phenols is 1. The number of imidazole rings is 1. The minimum Gasteiger partial charge on any atom is -0.508 e. The Morgan fingerprint density at radius 1 is 0.600 bits per heavy atom. The lowest BCUT2D eigenvalue weighted by Gasteiger charge is -2.31. The number of H-pyrrole nitrogens is 1. The van der Waals surface area contributed by atoms with Gasteiger partial charge in [-0.05, 0) is 61.8 Å². The molecule has 11 atom stereocenters. The van der Waals surface area contributed by atoms with Crippen LogP contribution in [0.15, 0.2) is 72.1 Å². The molecule has 0 saturated heterocycles. The van der Waals surface area contributed by atoms with Gasteiger partial charge in [0.15, 0.2) is 5.96 Å². The van der Waals surface area contributed by atoms with Crippen molar-refractivity contribution in [1.29, 1.82) is 0 Å². The number of nitrogens with zero attached hydrogens (tertiary/aromatic N) is 2. The maximum Gasteiger partial charge on any atom is 0.326 e. The molecule has 1 aromatic heterocycles. The molecule has 1 heterocycles. The van der Waals surface area contributed by atoms with Gasteiger partial charge in [-0.2, -0.15) is 0 Å². The Bertz CT molecular complexity index is 2600. The topological polar surface area (TPSA) is 447 Å². The van der Waals surface area contributed by atoms with Crippen molar-refractivity contribution < 1.29 is 63.3 Å². The molecule has 438 valence electrons. The normalized spacial score (nSPS) is 15.2. The third-order valence-corrected chi connectivity index (χ3v) is 12.9. The number of hydrogen-bond acceptors (Lipinski definition) is 14. The van der Waals surface area contributed by atoms with Gasteiger partial charge < -0.3 is 80.0 Å². The first-order valence-electron chi connectivity index (χ1n) is 26.2. The van der Waals surface area contributed by atoms with Crippen molar-refractivity contribution in [2.75, 3.05) is 6.54 Å². The molecule has 3 rings (SSSR count).